The lowest BCUT2D eigenvalue weighted by atomic mass is 10.4. The Morgan fingerprint density at radius 2 is 2.29 bits per heavy atom. The summed E-state index contributed by atoms with van der Waals surface area (Å²) in [7, 11) is 0. The van der Waals surface area contributed by atoms with E-state index in [1.807, 2.05) is 0 Å². The minimum Gasteiger partial charge on any atom is -0.312 e. The second-order valence-corrected chi connectivity index (χ2v) is 4.94. The van der Waals surface area contributed by atoms with Gasteiger partial charge < -0.3 is 9.88 Å². The van der Waals surface area contributed by atoms with Crippen molar-refractivity contribution in [2.75, 3.05) is 6.54 Å². The van der Waals surface area contributed by atoms with Gasteiger partial charge in [0.2, 0.25) is 0 Å². The van der Waals surface area contributed by atoms with Gasteiger partial charge in [-0.05, 0) is 28.8 Å². The molecule has 92 valence electrons. The van der Waals surface area contributed by atoms with Crippen LogP contribution in [0.3, 0.4) is 0 Å². The van der Waals surface area contributed by atoms with Crippen molar-refractivity contribution in [3.8, 4) is 0 Å². The molecule has 0 aliphatic heterocycles. The van der Waals surface area contributed by atoms with Crippen LogP contribution >= 0.6 is 15.9 Å². The van der Waals surface area contributed by atoms with Crippen molar-refractivity contribution < 1.29 is 4.92 Å². The molecule has 0 unspecified atom stereocenters. The number of halogens is 1. The van der Waals surface area contributed by atoms with Gasteiger partial charge in [-0.15, -0.1) is 0 Å². The van der Waals surface area contributed by atoms with Gasteiger partial charge in [0.25, 0.3) is 0 Å². The molecule has 6 nitrogen and oxygen atoms in total. The summed E-state index contributed by atoms with van der Waals surface area (Å²) in [6, 6.07) is 1.79. The van der Waals surface area contributed by atoms with Gasteiger partial charge in [-0.2, -0.15) is 0 Å². The van der Waals surface area contributed by atoms with Crippen LogP contribution in [0.1, 0.15) is 12.8 Å². The van der Waals surface area contributed by atoms with Crippen LogP contribution in [0, 0.1) is 10.1 Å². The molecule has 1 aromatic rings. The molecule has 0 saturated heterocycles. The first-order valence-electron chi connectivity index (χ1n) is 5.35. The molecule has 17 heavy (non-hydrogen) atoms. The van der Waals surface area contributed by atoms with Gasteiger partial charge in [-0.1, -0.05) is 0 Å². The van der Waals surface area contributed by atoms with Gasteiger partial charge in [-0.25, -0.2) is 0 Å². The molecule has 1 aromatic heterocycles. The van der Waals surface area contributed by atoms with Crippen molar-refractivity contribution >= 4 is 21.6 Å². The van der Waals surface area contributed by atoms with Crippen LogP contribution in [-0.4, -0.2) is 22.1 Å². The summed E-state index contributed by atoms with van der Waals surface area (Å²) < 4.78 is 1.90. The molecule has 1 saturated carbocycles. The molecular weight excluding hydrogens is 290 g/mol. The van der Waals surface area contributed by atoms with E-state index in [9.17, 15) is 14.9 Å². The summed E-state index contributed by atoms with van der Waals surface area (Å²) >= 11 is 3.16. The molecule has 0 spiro atoms. The zero-order valence-corrected chi connectivity index (χ0v) is 10.6. The highest BCUT2D eigenvalue weighted by Gasteiger charge is 2.20. The third-order valence-electron chi connectivity index (χ3n) is 2.59. The Morgan fingerprint density at radius 1 is 1.59 bits per heavy atom. The van der Waals surface area contributed by atoms with E-state index >= 15 is 0 Å². The number of rotatable bonds is 5. The number of pyridine rings is 1. The first-order chi connectivity index (χ1) is 8.08. The lowest BCUT2D eigenvalue weighted by molar-refractivity contribution is -0.386. The Bertz CT molecular complexity index is 496. The first-order valence-corrected chi connectivity index (χ1v) is 6.15. The van der Waals surface area contributed by atoms with Crippen molar-refractivity contribution in [3.05, 3.63) is 37.2 Å². The van der Waals surface area contributed by atoms with Crippen molar-refractivity contribution in [2.45, 2.75) is 25.4 Å². The van der Waals surface area contributed by atoms with Crippen LogP contribution < -0.4 is 10.9 Å². The first kappa shape index (κ1) is 12.3. The molecule has 0 bridgehead atoms. The summed E-state index contributed by atoms with van der Waals surface area (Å²) in [6.07, 6.45) is 3.92. The maximum absolute atomic E-state index is 11.7. The van der Waals surface area contributed by atoms with Gasteiger partial charge in [-0.3, -0.25) is 14.9 Å². The normalized spacial score (nSPS) is 14.9. The summed E-state index contributed by atoms with van der Waals surface area (Å²) in [5, 5.41) is 13.9. The van der Waals surface area contributed by atoms with E-state index in [1.165, 1.54) is 23.5 Å². The van der Waals surface area contributed by atoms with Crippen LogP contribution in [0.4, 0.5) is 5.69 Å². The van der Waals surface area contributed by atoms with Gasteiger partial charge in [0, 0.05) is 35.9 Å². The topological polar surface area (TPSA) is 77.2 Å². The summed E-state index contributed by atoms with van der Waals surface area (Å²) in [6.45, 7) is 1.09. The summed E-state index contributed by atoms with van der Waals surface area (Å²) in [5.41, 5.74) is -0.957. The predicted molar refractivity (Wildman–Crippen MR) is 66.1 cm³/mol. The standard InChI is InChI=1S/C10H12BrN3O3/c11-7-5-9(14(16)17)10(15)13(6-7)4-3-12-8-1-2-8/h5-6,8,12H,1-4H2. The number of nitro groups is 1. The van der Waals surface area contributed by atoms with Crippen molar-refractivity contribution in [3.63, 3.8) is 0 Å². The molecule has 2 rings (SSSR count). The van der Waals surface area contributed by atoms with Crippen LogP contribution in [-0.2, 0) is 6.54 Å². The van der Waals surface area contributed by atoms with E-state index in [1.54, 1.807) is 6.20 Å². The van der Waals surface area contributed by atoms with E-state index < -0.39 is 16.2 Å². The number of aromatic nitrogens is 1. The van der Waals surface area contributed by atoms with E-state index in [4.69, 9.17) is 0 Å². The molecule has 0 amide bonds. The predicted octanol–water partition coefficient (Wildman–Crippen LogP) is 1.27. The monoisotopic (exact) mass is 301 g/mol. The Balaban J connectivity index is 2.14. The Kier molecular flexibility index (Phi) is 3.58. The summed E-state index contributed by atoms with van der Waals surface area (Å²) in [4.78, 5) is 21.7. The largest absolute Gasteiger partial charge is 0.335 e. The van der Waals surface area contributed by atoms with E-state index in [-0.39, 0.29) is 0 Å². The van der Waals surface area contributed by atoms with Crippen molar-refractivity contribution in [1.82, 2.24) is 9.88 Å². The molecular formula is C10H12BrN3O3. The second-order valence-electron chi connectivity index (χ2n) is 4.03. The highest BCUT2D eigenvalue weighted by Crippen LogP contribution is 2.18. The van der Waals surface area contributed by atoms with Gasteiger partial charge in [0.15, 0.2) is 0 Å². The fraction of sp³-hybridized carbons (Fsp3) is 0.500. The van der Waals surface area contributed by atoms with Gasteiger partial charge >= 0.3 is 11.2 Å². The van der Waals surface area contributed by atoms with Gasteiger partial charge in [0.05, 0.1) is 4.92 Å². The maximum Gasteiger partial charge on any atom is 0.335 e. The fourth-order valence-corrected chi connectivity index (χ4v) is 2.02. The fourth-order valence-electron chi connectivity index (χ4n) is 1.56. The summed E-state index contributed by atoms with van der Waals surface area (Å²) in [5.74, 6) is 0. The minimum atomic E-state index is -0.655. The van der Waals surface area contributed by atoms with Crippen molar-refractivity contribution in [2.24, 2.45) is 0 Å². The lowest BCUT2D eigenvalue weighted by Crippen LogP contribution is -2.28. The Labute approximate surface area is 106 Å². The third-order valence-corrected chi connectivity index (χ3v) is 3.03. The van der Waals surface area contributed by atoms with Crippen LogP contribution in [0.2, 0.25) is 0 Å². The Hall–Kier alpha value is -1.21. The number of hydrogen-bond acceptors (Lipinski definition) is 4. The second kappa shape index (κ2) is 4.97. The zero-order chi connectivity index (χ0) is 12.4. The quantitative estimate of drug-likeness (QED) is 0.656. The molecule has 1 N–H and O–H groups in total. The molecule has 7 heteroatoms. The maximum atomic E-state index is 11.7. The molecule has 1 aliphatic carbocycles. The van der Waals surface area contributed by atoms with Crippen LogP contribution in [0.15, 0.2) is 21.5 Å². The highest BCUT2D eigenvalue weighted by molar-refractivity contribution is 9.10. The molecule has 0 atom stereocenters. The number of nitrogens with zero attached hydrogens (tertiary/aromatic N) is 2. The van der Waals surface area contributed by atoms with Crippen LogP contribution in [0.25, 0.3) is 0 Å². The van der Waals surface area contributed by atoms with Gasteiger partial charge in [0.1, 0.15) is 0 Å². The third kappa shape index (κ3) is 3.13. The molecule has 0 aromatic carbocycles. The van der Waals surface area contributed by atoms with Crippen LogP contribution in [0.5, 0.6) is 0 Å². The number of hydrogen-bond donors (Lipinski definition) is 1. The zero-order valence-electron chi connectivity index (χ0n) is 9.06. The average molecular weight is 302 g/mol. The molecule has 1 fully saturated rings. The average Bonchev–Trinajstić information content (AvgIpc) is 3.06. The molecule has 1 heterocycles. The molecule has 0 radical (unpaired) electrons. The number of nitrogens with one attached hydrogen (secondary N) is 1. The van der Waals surface area contributed by atoms with Crippen molar-refractivity contribution in [1.29, 1.82) is 0 Å². The molecule has 1 aliphatic rings. The minimum absolute atomic E-state index is 0.397. The Morgan fingerprint density at radius 3 is 2.88 bits per heavy atom. The van der Waals surface area contributed by atoms with E-state index in [0.29, 0.717) is 23.6 Å². The lowest BCUT2D eigenvalue weighted by Gasteiger charge is -2.06. The smallest absolute Gasteiger partial charge is 0.312 e. The highest BCUT2D eigenvalue weighted by atomic mass is 79.9. The van der Waals surface area contributed by atoms with E-state index in [2.05, 4.69) is 21.2 Å². The SMILES string of the molecule is O=c1c([N+](=O)[O-])cc(Br)cn1CCNC1CC1. The van der Waals surface area contributed by atoms with E-state index in [0.717, 1.165) is 0 Å².